The minimum absolute atomic E-state index is 0.136. The smallest absolute Gasteiger partial charge is 0.208 e. The third-order valence-corrected chi connectivity index (χ3v) is 3.67. The number of allylic oxidation sites excluding steroid dienone is 1. The molecule has 0 amide bonds. The van der Waals surface area contributed by atoms with Crippen molar-refractivity contribution in [2.45, 2.75) is 18.7 Å². The summed E-state index contributed by atoms with van der Waals surface area (Å²) in [6, 6.07) is 6.02. The lowest BCUT2D eigenvalue weighted by molar-refractivity contribution is 0.396. The fourth-order valence-corrected chi connectivity index (χ4v) is 2.48. The fraction of sp³-hybridized carbons (Fsp3) is 0.312. The molecule has 1 heterocycles. The van der Waals surface area contributed by atoms with Gasteiger partial charge < -0.3 is 4.74 Å². The molecule has 0 spiro atoms. The molecule has 2 rings (SSSR count). The highest BCUT2D eigenvalue weighted by Crippen LogP contribution is 2.24. The fourth-order valence-electron chi connectivity index (χ4n) is 2.13. The van der Waals surface area contributed by atoms with Crippen LogP contribution in [-0.2, 0) is 4.74 Å². The van der Waals surface area contributed by atoms with Crippen molar-refractivity contribution in [2.75, 3.05) is 13.7 Å². The molecule has 1 aliphatic rings. The number of nitriles is 1. The van der Waals surface area contributed by atoms with Gasteiger partial charge in [-0.2, -0.15) is 5.26 Å². The average molecular weight is 320 g/mol. The van der Waals surface area contributed by atoms with E-state index in [0.717, 1.165) is 11.6 Å². The van der Waals surface area contributed by atoms with Crippen molar-refractivity contribution in [1.29, 1.82) is 5.26 Å². The molecule has 0 bridgehead atoms. The number of aliphatic imine (C=N–C) groups is 2. The molecule has 1 aliphatic heterocycles. The van der Waals surface area contributed by atoms with Crippen molar-refractivity contribution in [3.8, 4) is 6.07 Å². The van der Waals surface area contributed by atoms with Crippen molar-refractivity contribution < 1.29 is 9.13 Å². The number of alkyl halides is 1. The van der Waals surface area contributed by atoms with E-state index < -0.39 is 11.2 Å². The minimum Gasteiger partial charge on any atom is -0.483 e. The maximum absolute atomic E-state index is 14.0. The second-order valence-electron chi connectivity index (χ2n) is 4.60. The van der Waals surface area contributed by atoms with Crippen LogP contribution in [-0.4, -0.2) is 30.6 Å². The normalized spacial score (nSPS) is 20.0. The van der Waals surface area contributed by atoms with Crippen LogP contribution < -0.4 is 0 Å². The van der Waals surface area contributed by atoms with Crippen LogP contribution in [0.4, 0.5) is 10.1 Å². The Balaban J connectivity index is 2.50. The largest absolute Gasteiger partial charge is 0.483 e. The highest BCUT2D eigenvalue weighted by atomic mass is 35.5. The molecular formula is C16H15ClFN3O. The van der Waals surface area contributed by atoms with Crippen LogP contribution in [0.15, 0.2) is 39.8 Å². The van der Waals surface area contributed by atoms with Gasteiger partial charge in [-0.25, -0.2) is 14.4 Å². The molecule has 22 heavy (non-hydrogen) atoms. The van der Waals surface area contributed by atoms with Crippen LogP contribution in [0.2, 0.25) is 0 Å². The van der Waals surface area contributed by atoms with E-state index in [1.54, 1.807) is 0 Å². The average Bonchev–Trinajstić information content (AvgIpc) is 2.68. The first kappa shape index (κ1) is 16.2. The van der Waals surface area contributed by atoms with E-state index in [4.69, 9.17) is 21.6 Å². The number of rotatable bonds is 2. The van der Waals surface area contributed by atoms with Crippen LogP contribution in [0.3, 0.4) is 0 Å². The molecule has 1 atom stereocenters. The summed E-state index contributed by atoms with van der Waals surface area (Å²) in [5.41, 5.74) is 1.80. The molecule has 0 radical (unpaired) electrons. The molecule has 1 aromatic rings. The number of halogens is 2. The Hall–Kier alpha value is -2.19. The van der Waals surface area contributed by atoms with Gasteiger partial charge in [0, 0.05) is 0 Å². The van der Waals surface area contributed by atoms with Gasteiger partial charge in [-0.05, 0) is 30.2 Å². The van der Waals surface area contributed by atoms with Gasteiger partial charge in [-0.15, -0.1) is 11.6 Å². The van der Waals surface area contributed by atoms with Crippen LogP contribution in [0, 0.1) is 17.1 Å². The van der Waals surface area contributed by atoms with Crippen molar-refractivity contribution >= 4 is 28.9 Å². The Labute approximate surface area is 133 Å². The zero-order chi connectivity index (χ0) is 16.1. The summed E-state index contributed by atoms with van der Waals surface area (Å²) in [6.07, 6.45) is 2.61. The molecule has 1 aromatic carbocycles. The Morgan fingerprint density at radius 3 is 2.91 bits per heavy atom. The van der Waals surface area contributed by atoms with E-state index in [1.807, 2.05) is 19.1 Å². The molecule has 0 fully saturated rings. The van der Waals surface area contributed by atoms with E-state index in [9.17, 15) is 4.39 Å². The lowest BCUT2D eigenvalue weighted by Crippen LogP contribution is -2.26. The Morgan fingerprint density at radius 2 is 2.32 bits per heavy atom. The quantitative estimate of drug-likeness (QED) is 0.779. The highest BCUT2D eigenvalue weighted by Gasteiger charge is 2.25. The van der Waals surface area contributed by atoms with Gasteiger partial charge in [-0.1, -0.05) is 13.0 Å². The van der Waals surface area contributed by atoms with Crippen LogP contribution >= 0.6 is 11.6 Å². The lowest BCUT2D eigenvalue weighted by Gasteiger charge is -2.14. The first-order valence-corrected chi connectivity index (χ1v) is 7.24. The summed E-state index contributed by atoms with van der Waals surface area (Å²) < 4.78 is 19.2. The molecule has 4 nitrogen and oxygen atoms in total. The van der Waals surface area contributed by atoms with Crippen molar-refractivity contribution in [3.05, 3.63) is 41.2 Å². The summed E-state index contributed by atoms with van der Waals surface area (Å²) in [5.74, 6) is -0.208. The maximum Gasteiger partial charge on any atom is 0.208 e. The maximum atomic E-state index is 14.0. The molecule has 1 unspecified atom stereocenters. The number of nitrogens with zero attached hydrogens (tertiary/aromatic N) is 3. The minimum atomic E-state index is -0.672. The van der Waals surface area contributed by atoms with E-state index in [-0.39, 0.29) is 11.3 Å². The van der Waals surface area contributed by atoms with Crippen LogP contribution in [0.5, 0.6) is 0 Å². The summed E-state index contributed by atoms with van der Waals surface area (Å²) in [7, 11) is 1.49. The predicted molar refractivity (Wildman–Crippen MR) is 85.5 cm³/mol. The molecule has 0 saturated carbocycles. The summed E-state index contributed by atoms with van der Waals surface area (Å²) in [5, 5.41) is 8.11. The molecule has 114 valence electrons. The van der Waals surface area contributed by atoms with Crippen molar-refractivity contribution in [1.82, 2.24) is 0 Å². The number of methoxy groups -OCH3 is 1. The zero-order valence-electron chi connectivity index (χ0n) is 12.3. The highest BCUT2D eigenvalue weighted by molar-refractivity contribution is 6.45. The SMILES string of the molecule is CCC1=CCN=C(OC)C(Cl)C1=Nc1ccc(C#N)cc1F. The molecule has 0 saturated heterocycles. The van der Waals surface area contributed by atoms with E-state index in [0.29, 0.717) is 24.6 Å². The van der Waals surface area contributed by atoms with E-state index in [1.165, 1.54) is 19.2 Å². The number of hydrogen-bond acceptors (Lipinski definition) is 4. The van der Waals surface area contributed by atoms with Crippen molar-refractivity contribution in [3.63, 3.8) is 0 Å². The Morgan fingerprint density at radius 1 is 1.55 bits per heavy atom. The molecule has 0 aromatic heterocycles. The van der Waals surface area contributed by atoms with Gasteiger partial charge >= 0.3 is 0 Å². The topological polar surface area (TPSA) is 57.7 Å². The van der Waals surface area contributed by atoms with E-state index in [2.05, 4.69) is 9.98 Å². The monoisotopic (exact) mass is 319 g/mol. The number of benzene rings is 1. The summed E-state index contributed by atoms with van der Waals surface area (Å²) in [4.78, 5) is 8.59. The Bertz CT molecular complexity index is 704. The Kier molecular flexibility index (Phi) is 5.29. The predicted octanol–water partition coefficient (Wildman–Crippen LogP) is 3.77. The van der Waals surface area contributed by atoms with Gasteiger partial charge in [0.05, 0.1) is 36.7 Å². The second kappa shape index (κ2) is 7.19. The first-order valence-electron chi connectivity index (χ1n) is 6.80. The summed E-state index contributed by atoms with van der Waals surface area (Å²) >= 11 is 6.39. The van der Waals surface area contributed by atoms with Gasteiger partial charge in [0.1, 0.15) is 5.82 Å². The first-order chi connectivity index (χ1) is 10.6. The second-order valence-corrected chi connectivity index (χ2v) is 5.04. The van der Waals surface area contributed by atoms with Gasteiger partial charge in [0.25, 0.3) is 0 Å². The van der Waals surface area contributed by atoms with Crippen LogP contribution in [0.25, 0.3) is 0 Å². The summed E-state index contributed by atoms with van der Waals surface area (Å²) in [6.45, 7) is 2.42. The van der Waals surface area contributed by atoms with Crippen molar-refractivity contribution in [2.24, 2.45) is 9.98 Å². The van der Waals surface area contributed by atoms with E-state index >= 15 is 0 Å². The number of ether oxygens (including phenoxy) is 1. The standard InChI is InChI=1S/C16H15ClFN3O/c1-3-11-6-7-20-16(22-2)14(17)15(11)21-13-5-4-10(9-19)8-12(13)18/h4-6,8,14H,3,7H2,1-2H3. The van der Waals surface area contributed by atoms with Gasteiger partial charge in [0.15, 0.2) is 5.38 Å². The number of hydrogen-bond donors (Lipinski definition) is 0. The zero-order valence-corrected chi connectivity index (χ0v) is 13.1. The third kappa shape index (κ3) is 3.34. The molecular weight excluding hydrogens is 305 g/mol. The van der Waals surface area contributed by atoms with Gasteiger partial charge in [0.2, 0.25) is 5.90 Å². The molecule has 0 N–H and O–H groups in total. The lowest BCUT2D eigenvalue weighted by atomic mass is 10.0. The molecule has 6 heteroatoms. The third-order valence-electron chi connectivity index (χ3n) is 3.28. The molecule has 0 aliphatic carbocycles. The van der Waals surface area contributed by atoms with Gasteiger partial charge in [-0.3, -0.25) is 0 Å². The van der Waals surface area contributed by atoms with Crippen LogP contribution in [0.1, 0.15) is 18.9 Å².